The SMILES string of the molecule is Nc1ccc(C(=O)O)c(C(=O)c2ccc(N)c3c2C(=O)CCCC3=O)c1. The quantitative estimate of drug-likeness (QED) is 0.437. The van der Waals surface area contributed by atoms with E-state index in [2.05, 4.69) is 0 Å². The molecule has 0 saturated heterocycles. The minimum Gasteiger partial charge on any atom is -0.478 e. The minimum atomic E-state index is -1.29. The molecule has 1 aliphatic rings. The molecule has 0 heterocycles. The molecule has 132 valence electrons. The highest BCUT2D eigenvalue weighted by Crippen LogP contribution is 2.30. The number of nitrogen functional groups attached to an aromatic ring is 2. The van der Waals surface area contributed by atoms with Gasteiger partial charge in [0.1, 0.15) is 0 Å². The van der Waals surface area contributed by atoms with Crippen molar-refractivity contribution in [2.75, 3.05) is 11.5 Å². The van der Waals surface area contributed by atoms with Crippen molar-refractivity contribution < 1.29 is 24.3 Å². The molecule has 0 unspecified atom stereocenters. The second-order valence-corrected chi connectivity index (χ2v) is 6.09. The standard InChI is InChI=1S/C19H16N2O5/c20-9-4-5-10(19(25)26)12(8-9)18(24)11-6-7-13(21)17-15(23)3-1-2-14(22)16(11)17/h4-8H,1-3,20-21H2,(H,25,26). The third-order valence-corrected chi connectivity index (χ3v) is 4.37. The van der Waals surface area contributed by atoms with Crippen molar-refractivity contribution >= 4 is 34.7 Å². The lowest BCUT2D eigenvalue weighted by atomic mass is 9.88. The van der Waals surface area contributed by atoms with Gasteiger partial charge < -0.3 is 16.6 Å². The van der Waals surface area contributed by atoms with Crippen LogP contribution in [0.1, 0.15) is 66.3 Å². The second-order valence-electron chi connectivity index (χ2n) is 6.09. The van der Waals surface area contributed by atoms with E-state index in [9.17, 15) is 24.3 Å². The summed E-state index contributed by atoms with van der Waals surface area (Å²) in [5, 5.41) is 9.34. The lowest BCUT2D eigenvalue weighted by molar-refractivity contribution is 0.0692. The molecular formula is C19H16N2O5. The highest BCUT2D eigenvalue weighted by atomic mass is 16.4. The Labute approximate surface area is 148 Å². The molecule has 26 heavy (non-hydrogen) atoms. The van der Waals surface area contributed by atoms with Crippen molar-refractivity contribution in [2.45, 2.75) is 19.3 Å². The van der Waals surface area contributed by atoms with Gasteiger partial charge in [-0.2, -0.15) is 0 Å². The summed E-state index contributed by atoms with van der Waals surface area (Å²) in [5.74, 6) is -2.64. The molecule has 2 aromatic carbocycles. The number of carbonyl (C=O) groups excluding carboxylic acids is 3. The van der Waals surface area contributed by atoms with Crippen molar-refractivity contribution in [1.29, 1.82) is 0 Å². The summed E-state index contributed by atoms with van der Waals surface area (Å²) in [4.78, 5) is 49.4. The number of anilines is 2. The Morgan fingerprint density at radius 3 is 2.12 bits per heavy atom. The molecule has 0 aromatic heterocycles. The first-order valence-corrected chi connectivity index (χ1v) is 7.97. The molecular weight excluding hydrogens is 336 g/mol. The normalized spacial score (nSPS) is 13.8. The molecule has 7 nitrogen and oxygen atoms in total. The van der Waals surface area contributed by atoms with Crippen molar-refractivity contribution in [3.8, 4) is 0 Å². The molecule has 0 aliphatic heterocycles. The van der Waals surface area contributed by atoms with Gasteiger partial charge in [0.05, 0.1) is 11.1 Å². The largest absolute Gasteiger partial charge is 0.478 e. The number of nitrogens with two attached hydrogens (primary N) is 2. The second kappa shape index (κ2) is 6.44. The van der Waals surface area contributed by atoms with Gasteiger partial charge in [-0.05, 0) is 36.8 Å². The molecule has 0 atom stereocenters. The highest BCUT2D eigenvalue weighted by Gasteiger charge is 2.30. The van der Waals surface area contributed by atoms with Gasteiger partial charge in [-0.25, -0.2) is 4.79 Å². The number of ketones is 3. The maximum Gasteiger partial charge on any atom is 0.336 e. The molecule has 1 aliphatic carbocycles. The van der Waals surface area contributed by atoms with Gasteiger partial charge in [0.2, 0.25) is 0 Å². The van der Waals surface area contributed by atoms with E-state index in [0.717, 1.165) is 0 Å². The Morgan fingerprint density at radius 1 is 0.846 bits per heavy atom. The van der Waals surface area contributed by atoms with E-state index in [4.69, 9.17) is 11.5 Å². The summed E-state index contributed by atoms with van der Waals surface area (Å²) in [7, 11) is 0. The van der Waals surface area contributed by atoms with Crippen molar-refractivity contribution in [3.05, 3.63) is 58.1 Å². The number of carbonyl (C=O) groups is 4. The number of benzene rings is 2. The van der Waals surface area contributed by atoms with Crippen LogP contribution in [-0.4, -0.2) is 28.4 Å². The number of carboxylic acid groups (broad SMARTS) is 1. The first kappa shape index (κ1) is 17.3. The molecule has 2 aromatic rings. The fourth-order valence-corrected chi connectivity index (χ4v) is 3.14. The van der Waals surface area contributed by atoms with E-state index in [1.807, 2.05) is 0 Å². The van der Waals surface area contributed by atoms with Gasteiger partial charge in [0.25, 0.3) is 0 Å². The maximum atomic E-state index is 13.0. The molecule has 0 fully saturated rings. The Hall–Kier alpha value is -3.48. The van der Waals surface area contributed by atoms with Crippen LogP contribution in [0.3, 0.4) is 0 Å². The predicted molar refractivity (Wildman–Crippen MR) is 94.6 cm³/mol. The summed E-state index contributed by atoms with van der Waals surface area (Å²) in [5.41, 5.74) is 11.5. The topological polar surface area (TPSA) is 141 Å². The summed E-state index contributed by atoms with van der Waals surface area (Å²) < 4.78 is 0. The van der Waals surface area contributed by atoms with Crippen LogP contribution in [0.4, 0.5) is 11.4 Å². The van der Waals surface area contributed by atoms with Gasteiger partial charge in [-0.1, -0.05) is 0 Å². The minimum absolute atomic E-state index is 0.0312. The highest BCUT2D eigenvalue weighted by molar-refractivity contribution is 6.23. The predicted octanol–water partition coefficient (Wildman–Crippen LogP) is 2.33. The molecule has 0 bridgehead atoms. The smallest absolute Gasteiger partial charge is 0.336 e. The molecule has 7 heteroatoms. The van der Waals surface area contributed by atoms with E-state index in [-0.39, 0.29) is 63.6 Å². The van der Waals surface area contributed by atoms with Crippen molar-refractivity contribution in [1.82, 2.24) is 0 Å². The third-order valence-electron chi connectivity index (χ3n) is 4.37. The number of hydrogen-bond donors (Lipinski definition) is 3. The number of fused-ring (bicyclic) bond motifs is 1. The maximum absolute atomic E-state index is 13.0. The van der Waals surface area contributed by atoms with Crippen LogP contribution in [0.5, 0.6) is 0 Å². The zero-order valence-electron chi connectivity index (χ0n) is 13.7. The fraction of sp³-hybridized carbons (Fsp3) is 0.158. The third kappa shape index (κ3) is 2.83. The summed E-state index contributed by atoms with van der Waals surface area (Å²) >= 11 is 0. The van der Waals surface area contributed by atoms with Gasteiger partial charge in [0, 0.05) is 40.9 Å². The average molecular weight is 352 g/mol. The number of carboxylic acids is 1. The molecule has 3 rings (SSSR count). The van der Waals surface area contributed by atoms with Crippen molar-refractivity contribution in [2.24, 2.45) is 0 Å². The summed E-state index contributed by atoms with van der Waals surface area (Å²) in [6.45, 7) is 0. The Kier molecular flexibility index (Phi) is 4.29. The summed E-state index contributed by atoms with van der Waals surface area (Å²) in [6, 6.07) is 6.58. The number of Topliss-reactive ketones (excluding diaryl/α,β-unsaturated/α-hetero) is 2. The van der Waals surface area contributed by atoms with E-state index < -0.39 is 11.8 Å². The van der Waals surface area contributed by atoms with Gasteiger partial charge in [0.15, 0.2) is 17.3 Å². The first-order valence-electron chi connectivity index (χ1n) is 7.97. The Morgan fingerprint density at radius 2 is 1.46 bits per heavy atom. The lowest BCUT2D eigenvalue weighted by Crippen LogP contribution is -2.17. The monoisotopic (exact) mass is 352 g/mol. The Bertz CT molecular complexity index is 978. The number of aromatic carboxylic acids is 1. The van der Waals surface area contributed by atoms with E-state index in [0.29, 0.717) is 6.42 Å². The van der Waals surface area contributed by atoms with Crippen LogP contribution in [-0.2, 0) is 0 Å². The fourth-order valence-electron chi connectivity index (χ4n) is 3.14. The van der Waals surface area contributed by atoms with E-state index in [1.54, 1.807) is 0 Å². The van der Waals surface area contributed by atoms with Crippen LogP contribution < -0.4 is 11.5 Å². The van der Waals surface area contributed by atoms with Crippen LogP contribution in [0.2, 0.25) is 0 Å². The van der Waals surface area contributed by atoms with Crippen LogP contribution in [0, 0.1) is 0 Å². The zero-order chi connectivity index (χ0) is 19.0. The number of rotatable bonds is 3. The van der Waals surface area contributed by atoms with Crippen LogP contribution >= 0.6 is 0 Å². The van der Waals surface area contributed by atoms with Crippen LogP contribution in [0.25, 0.3) is 0 Å². The van der Waals surface area contributed by atoms with Gasteiger partial charge in [-0.3, -0.25) is 14.4 Å². The first-order chi connectivity index (χ1) is 12.3. The van der Waals surface area contributed by atoms with E-state index in [1.165, 1.54) is 30.3 Å². The lowest BCUT2D eigenvalue weighted by Gasteiger charge is -2.14. The van der Waals surface area contributed by atoms with Gasteiger partial charge in [-0.15, -0.1) is 0 Å². The van der Waals surface area contributed by atoms with Gasteiger partial charge >= 0.3 is 5.97 Å². The summed E-state index contributed by atoms with van der Waals surface area (Å²) in [6.07, 6.45) is 0.655. The molecule has 0 saturated carbocycles. The number of hydrogen-bond acceptors (Lipinski definition) is 6. The molecule has 0 spiro atoms. The molecule has 0 radical (unpaired) electrons. The molecule has 5 N–H and O–H groups in total. The van der Waals surface area contributed by atoms with E-state index >= 15 is 0 Å². The molecule has 0 amide bonds. The van der Waals surface area contributed by atoms with Crippen LogP contribution in [0.15, 0.2) is 30.3 Å². The van der Waals surface area contributed by atoms with Crippen molar-refractivity contribution in [3.63, 3.8) is 0 Å². The Balaban J connectivity index is 2.27. The average Bonchev–Trinajstić information content (AvgIpc) is 2.74. The zero-order valence-corrected chi connectivity index (χ0v) is 13.7.